The minimum absolute atomic E-state index is 0.0489. The van der Waals surface area contributed by atoms with E-state index >= 15 is 0 Å². The van der Waals surface area contributed by atoms with E-state index in [0.717, 1.165) is 24.0 Å². The van der Waals surface area contributed by atoms with Crippen molar-refractivity contribution in [3.8, 4) is 11.5 Å². The molecule has 180 valence electrons. The molecule has 7 nitrogen and oxygen atoms in total. The number of unbranched alkanes of at least 4 members (excludes halogenated alkanes) is 1. The Hall–Kier alpha value is -3.65. The molecule has 0 saturated heterocycles. The molecule has 8 heteroatoms. The molecule has 1 aliphatic heterocycles. The molecule has 1 atom stereocenters. The zero-order chi connectivity index (χ0) is 24.5. The predicted octanol–water partition coefficient (Wildman–Crippen LogP) is 5.89. The van der Waals surface area contributed by atoms with Crippen LogP contribution in [0.2, 0.25) is 0 Å². The van der Waals surface area contributed by atoms with E-state index in [-0.39, 0.29) is 17.1 Å². The maximum Gasteiger partial charge on any atom is 0.297 e. The molecule has 1 aliphatic rings. The van der Waals surface area contributed by atoms with Crippen LogP contribution in [-0.2, 0) is 0 Å². The Morgan fingerprint density at radius 1 is 1.09 bits per heavy atom. The number of thiazole rings is 1. The van der Waals surface area contributed by atoms with Crippen LogP contribution < -0.4 is 19.8 Å². The maximum absolute atomic E-state index is 13.8. The first-order valence-electron chi connectivity index (χ1n) is 11.7. The largest absolute Gasteiger partial charge is 0.490 e. The quantitative estimate of drug-likeness (QED) is 0.287. The third-order valence-corrected chi connectivity index (χ3v) is 6.76. The molecule has 2 aromatic heterocycles. The zero-order valence-electron chi connectivity index (χ0n) is 19.9. The van der Waals surface area contributed by atoms with E-state index in [1.807, 2.05) is 38.1 Å². The second kappa shape index (κ2) is 9.54. The molecule has 3 heterocycles. The summed E-state index contributed by atoms with van der Waals surface area (Å²) in [6.45, 7) is 6.97. The van der Waals surface area contributed by atoms with Gasteiger partial charge in [0.25, 0.3) is 5.91 Å². The van der Waals surface area contributed by atoms with Gasteiger partial charge < -0.3 is 13.9 Å². The molecule has 2 aromatic carbocycles. The number of carbonyl (C=O) groups is 1. The molecule has 0 radical (unpaired) electrons. The lowest BCUT2D eigenvalue weighted by Crippen LogP contribution is -2.29. The third kappa shape index (κ3) is 4.08. The molecule has 0 aliphatic carbocycles. The molecule has 1 unspecified atom stereocenters. The lowest BCUT2D eigenvalue weighted by molar-refractivity contribution is 0.0971. The average molecular weight is 491 g/mol. The average Bonchev–Trinajstić information content (AvgIpc) is 3.47. The molecule has 0 bridgehead atoms. The van der Waals surface area contributed by atoms with Crippen molar-refractivity contribution >= 4 is 33.3 Å². The monoisotopic (exact) mass is 490 g/mol. The van der Waals surface area contributed by atoms with Crippen molar-refractivity contribution < 1.29 is 18.7 Å². The number of benzene rings is 2. The molecule has 1 amide bonds. The van der Waals surface area contributed by atoms with Crippen LogP contribution in [-0.4, -0.2) is 24.1 Å². The predicted molar refractivity (Wildman–Crippen MR) is 136 cm³/mol. The van der Waals surface area contributed by atoms with Crippen molar-refractivity contribution in [3.05, 3.63) is 80.6 Å². The number of hydrogen-bond donors (Lipinski definition) is 0. The van der Waals surface area contributed by atoms with Crippen molar-refractivity contribution in [2.24, 2.45) is 0 Å². The number of nitrogens with zero attached hydrogens (tertiary/aromatic N) is 2. The maximum atomic E-state index is 13.8. The van der Waals surface area contributed by atoms with Gasteiger partial charge in [-0.05, 0) is 50.1 Å². The fourth-order valence-electron chi connectivity index (χ4n) is 4.34. The molecule has 4 aromatic rings. The van der Waals surface area contributed by atoms with Crippen LogP contribution in [0.25, 0.3) is 11.0 Å². The Balaban J connectivity index is 1.70. The number of rotatable bonds is 8. The van der Waals surface area contributed by atoms with Gasteiger partial charge >= 0.3 is 0 Å². The SMILES string of the molecule is CCCCOc1ccc(C2c3c(oc4ccc(C)cc4c3=O)C(=O)N2c2nccs2)cc1OCC. The van der Waals surface area contributed by atoms with Gasteiger partial charge in [0.05, 0.1) is 30.2 Å². The van der Waals surface area contributed by atoms with Gasteiger partial charge in [-0.3, -0.25) is 14.5 Å². The summed E-state index contributed by atoms with van der Waals surface area (Å²) in [6.07, 6.45) is 3.59. The highest BCUT2D eigenvalue weighted by Crippen LogP contribution is 2.43. The highest BCUT2D eigenvalue weighted by Gasteiger charge is 2.45. The Bertz CT molecular complexity index is 1440. The molecule has 0 saturated carbocycles. The van der Waals surface area contributed by atoms with Crippen LogP contribution in [0.4, 0.5) is 5.13 Å². The Kier molecular flexibility index (Phi) is 6.30. The van der Waals surface area contributed by atoms with Crippen molar-refractivity contribution in [1.82, 2.24) is 4.98 Å². The molecule has 0 N–H and O–H groups in total. The number of hydrogen-bond acceptors (Lipinski definition) is 7. The third-order valence-electron chi connectivity index (χ3n) is 5.99. The highest BCUT2D eigenvalue weighted by atomic mass is 32.1. The van der Waals surface area contributed by atoms with Gasteiger partial charge in [0.15, 0.2) is 22.1 Å². The summed E-state index contributed by atoms with van der Waals surface area (Å²) in [5, 5.41) is 2.74. The Labute approximate surface area is 206 Å². The van der Waals surface area contributed by atoms with Crippen LogP contribution in [0.3, 0.4) is 0 Å². The fourth-order valence-corrected chi connectivity index (χ4v) is 5.01. The standard InChI is InChI=1S/C27H26N2O5S/c1-4-6-12-33-20-10-8-17(15-21(20)32-5-2)23-22-24(30)18-14-16(3)7-9-19(18)34-25(22)26(31)29(23)27-28-11-13-35-27/h7-11,13-15,23H,4-6,12H2,1-3H3. The van der Waals surface area contributed by atoms with Gasteiger partial charge in [-0.15, -0.1) is 11.3 Å². The van der Waals surface area contributed by atoms with E-state index in [2.05, 4.69) is 11.9 Å². The summed E-state index contributed by atoms with van der Waals surface area (Å²) in [5.41, 5.74) is 2.14. The minimum atomic E-state index is -0.700. The molecule has 35 heavy (non-hydrogen) atoms. The van der Waals surface area contributed by atoms with Crippen LogP contribution in [0.15, 0.2) is 57.2 Å². The van der Waals surface area contributed by atoms with E-state index in [1.54, 1.807) is 23.7 Å². The van der Waals surface area contributed by atoms with Crippen molar-refractivity contribution in [3.63, 3.8) is 0 Å². The van der Waals surface area contributed by atoms with Crippen molar-refractivity contribution in [2.45, 2.75) is 39.7 Å². The second-order valence-corrected chi connectivity index (χ2v) is 9.28. The number of fused-ring (bicyclic) bond motifs is 2. The van der Waals surface area contributed by atoms with Crippen LogP contribution in [0.1, 0.15) is 60.0 Å². The second-order valence-electron chi connectivity index (χ2n) is 8.41. The molecule has 0 spiro atoms. The van der Waals surface area contributed by atoms with Crippen LogP contribution in [0, 0.1) is 6.92 Å². The van der Waals surface area contributed by atoms with E-state index in [4.69, 9.17) is 13.9 Å². The number of ether oxygens (including phenoxy) is 2. The summed E-state index contributed by atoms with van der Waals surface area (Å²) < 4.78 is 17.8. The van der Waals surface area contributed by atoms with Crippen LogP contribution >= 0.6 is 11.3 Å². The van der Waals surface area contributed by atoms with E-state index < -0.39 is 6.04 Å². The summed E-state index contributed by atoms with van der Waals surface area (Å²) in [7, 11) is 0. The first-order valence-corrected chi connectivity index (χ1v) is 12.6. The summed E-state index contributed by atoms with van der Waals surface area (Å²) >= 11 is 1.33. The van der Waals surface area contributed by atoms with Gasteiger partial charge in [0.2, 0.25) is 5.76 Å². The van der Waals surface area contributed by atoms with Crippen LogP contribution in [0.5, 0.6) is 11.5 Å². The minimum Gasteiger partial charge on any atom is -0.490 e. The Morgan fingerprint density at radius 3 is 2.69 bits per heavy atom. The number of carbonyl (C=O) groups excluding carboxylic acids is 1. The summed E-state index contributed by atoms with van der Waals surface area (Å²) in [4.78, 5) is 33.3. The first-order chi connectivity index (χ1) is 17.0. The van der Waals surface area contributed by atoms with E-state index in [0.29, 0.717) is 46.4 Å². The lowest BCUT2D eigenvalue weighted by Gasteiger charge is -2.23. The number of aryl methyl sites for hydroxylation is 1. The van der Waals surface area contributed by atoms with Crippen molar-refractivity contribution in [1.29, 1.82) is 0 Å². The first kappa shape index (κ1) is 23.1. The molecule has 5 rings (SSSR count). The number of amides is 1. The molecule has 0 fully saturated rings. The summed E-state index contributed by atoms with van der Waals surface area (Å²) in [6, 6.07) is 10.2. The number of aromatic nitrogens is 1. The normalized spacial score (nSPS) is 15.0. The van der Waals surface area contributed by atoms with Gasteiger partial charge in [-0.25, -0.2) is 4.98 Å². The smallest absolute Gasteiger partial charge is 0.297 e. The van der Waals surface area contributed by atoms with Gasteiger partial charge in [0.1, 0.15) is 5.58 Å². The van der Waals surface area contributed by atoms with Gasteiger partial charge in [0, 0.05) is 11.6 Å². The van der Waals surface area contributed by atoms with Gasteiger partial charge in [-0.1, -0.05) is 31.0 Å². The zero-order valence-corrected chi connectivity index (χ0v) is 20.7. The topological polar surface area (TPSA) is 81.9 Å². The Morgan fingerprint density at radius 2 is 1.94 bits per heavy atom. The summed E-state index contributed by atoms with van der Waals surface area (Å²) in [5.74, 6) is 0.867. The molecular weight excluding hydrogens is 464 g/mol. The highest BCUT2D eigenvalue weighted by molar-refractivity contribution is 7.13. The fraction of sp³-hybridized carbons (Fsp3) is 0.296. The number of anilines is 1. The van der Waals surface area contributed by atoms with Crippen molar-refractivity contribution in [2.75, 3.05) is 18.1 Å². The van der Waals surface area contributed by atoms with E-state index in [9.17, 15) is 9.59 Å². The lowest BCUT2D eigenvalue weighted by atomic mass is 9.98. The van der Waals surface area contributed by atoms with Gasteiger partial charge in [-0.2, -0.15) is 0 Å². The van der Waals surface area contributed by atoms with E-state index in [1.165, 1.54) is 16.2 Å². The molecular formula is C27H26N2O5S.